The van der Waals surface area contributed by atoms with E-state index in [-0.39, 0.29) is 18.3 Å². The van der Waals surface area contributed by atoms with E-state index >= 15 is 0 Å². The summed E-state index contributed by atoms with van der Waals surface area (Å²) in [4.78, 5) is 12.1. The van der Waals surface area contributed by atoms with Crippen LogP contribution in [0.4, 0.5) is 19.0 Å². The topological polar surface area (TPSA) is 64.1 Å². The maximum Gasteiger partial charge on any atom is 0.435 e. The van der Waals surface area contributed by atoms with Gasteiger partial charge in [0, 0.05) is 7.11 Å². The van der Waals surface area contributed by atoms with Crippen LogP contribution in [0.5, 0.6) is 0 Å². The van der Waals surface area contributed by atoms with Crippen LogP contribution in [0.25, 0.3) is 0 Å². The number of aromatic nitrogens is 2. The van der Waals surface area contributed by atoms with E-state index in [9.17, 15) is 18.0 Å². The highest BCUT2D eigenvalue weighted by Crippen LogP contribution is 2.42. The predicted octanol–water partition coefficient (Wildman–Crippen LogP) is 2.25. The van der Waals surface area contributed by atoms with E-state index < -0.39 is 17.3 Å². The highest BCUT2D eigenvalue weighted by Gasteiger charge is 2.44. The lowest BCUT2D eigenvalue weighted by Crippen LogP contribution is -2.45. The average Bonchev–Trinajstić information content (AvgIpc) is 2.33. The predicted molar refractivity (Wildman–Crippen MR) is 63.8 cm³/mol. The van der Waals surface area contributed by atoms with E-state index in [1.807, 2.05) is 0 Å². The van der Waals surface area contributed by atoms with Crippen molar-refractivity contribution in [2.75, 3.05) is 19.0 Å². The van der Waals surface area contributed by atoms with Gasteiger partial charge in [-0.15, -0.1) is 10.2 Å². The van der Waals surface area contributed by atoms with Crippen LogP contribution in [0, 0.1) is 5.41 Å². The number of carbonyl (C=O) groups excluding carboxylic acids is 1. The Morgan fingerprint density at radius 2 is 2.10 bits per heavy atom. The number of anilines is 1. The first kappa shape index (κ1) is 14.7. The van der Waals surface area contributed by atoms with Gasteiger partial charge in [-0.25, -0.2) is 0 Å². The lowest BCUT2D eigenvalue weighted by molar-refractivity contribution is -0.141. The van der Waals surface area contributed by atoms with Gasteiger partial charge in [-0.2, -0.15) is 13.2 Å². The first-order chi connectivity index (χ1) is 9.37. The zero-order valence-corrected chi connectivity index (χ0v) is 10.8. The maximum absolute atomic E-state index is 12.3. The van der Waals surface area contributed by atoms with Crippen LogP contribution >= 0.6 is 0 Å². The normalized spacial score (nSPS) is 17.4. The summed E-state index contributed by atoms with van der Waals surface area (Å²) in [6.07, 6.45) is -2.22. The summed E-state index contributed by atoms with van der Waals surface area (Å²) in [7, 11) is 1.51. The molecule has 0 atom stereocenters. The monoisotopic (exact) mass is 289 g/mol. The Hall–Kier alpha value is -1.70. The fourth-order valence-corrected chi connectivity index (χ4v) is 2.12. The number of ether oxygens (including phenoxy) is 1. The van der Waals surface area contributed by atoms with Crippen LogP contribution in [-0.4, -0.2) is 29.8 Å². The summed E-state index contributed by atoms with van der Waals surface area (Å²) in [5.41, 5.74) is -1.69. The molecule has 1 saturated carbocycles. The minimum absolute atomic E-state index is 0.00498. The zero-order valence-electron chi connectivity index (χ0n) is 10.8. The minimum atomic E-state index is -4.54. The van der Waals surface area contributed by atoms with Crippen LogP contribution in [0.2, 0.25) is 0 Å². The lowest BCUT2D eigenvalue weighted by Gasteiger charge is -2.39. The number of rotatable bonds is 4. The molecule has 1 fully saturated rings. The molecule has 0 unspecified atom stereocenters. The average molecular weight is 289 g/mol. The Morgan fingerprint density at radius 3 is 2.50 bits per heavy atom. The molecule has 1 aromatic heterocycles. The third-order valence-electron chi connectivity index (χ3n) is 3.41. The summed E-state index contributed by atoms with van der Waals surface area (Å²) >= 11 is 0. The van der Waals surface area contributed by atoms with Crippen molar-refractivity contribution in [3.8, 4) is 0 Å². The van der Waals surface area contributed by atoms with E-state index in [1.165, 1.54) is 7.11 Å². The van der Waals surface area contributed by atoms with Gasteiger partial charge in [-0.3, -0.25) is 4.79 Å². The summed E-state index contributed by atoms with van der Waals surface area (Å²) in [5, 5.41) is 8.92. The van der Waals surface area contributed by atoms with Gasteiger partial charge in [0.05, 0.1) is 12.0 Å². The quantitative estimate of drug-likeness (QED) is 0.923. The molecule has 2 rings (SSSR count). The number of alkyl halides is 3. The van der Waals surface area contributed by atoms with Crippen LogP contribution < -0.4 is 5.32 Å². The van der Waals surface area contributed by atoms with Gasteiger partial charge in [0.25, 0.3) is 0 Å². The second-order valence-electron chi connectivity index (χ2n) is 4.82. The minimum Gasteiger partial charge on any atom is -0.384 e. The number of nitrogens with zero attached hydrogens (tertiary/aromatic N) is 2. The fourth-order valence-electron chi connectivity index (χ4n) is 2.12. The molecule has 0 radical (unpaired) electrons. The van der Waals surface area contributed by atoms with Crippen molar-refractivity contribution in [3.05, 3.63) is 17.8 Å². The molecular weight excluding hydrogens is 275 g/mol. The van der Waals surface area contributed by atoms with Crippen LogP contribution in [0.3, 0.4) is 0 Å². The molecule has 8 heteroatoms. The number of hydrogen-bond acceptors (Lipinski definition) is 4. The third kappa shape index (κ3) is 2.90. The van der Waals surface area contributed by atoms with Gasteiger partial charge in [0.15, 0.2) is 11.5 Å². The summed E-state index contributed by atoms with van der Waals surface area (Å²) in [6, 6.07) is 1.87. The van der Waals surface area contributed by atoms with Crippen molar-refractivity contribution in [1.29, 1.82) is 0 Å². The second-order valence-corrected chi connectivity index (χ2v) is 4.82. The number of nitrogens with one attached hydrogen (secondary N) is 1. The van der Waals surface area contributed by atoms with E-state index in [1.54, 1.807) is 0 Å². The Kier molecular flexibility index (Phi) is 3.94. The molecule has 0 spiro atoms. The molecule has 20 heavy (non-hydrogen) atoms. The summed E-state index contributed by atoms with van der Waals surface area (Å²) in [6.45, 7) is 0.285. The van der Waals surface area contributed by atoms with Crippen molar-refractivity contribution < 1.29 is 22.7 Å². The summed E-state index contributed by atoms with van der Waals surface area (Å²) in [5.74, 6) is -0.287. The smallest absolute Gasteiger partial charge is 0.384 e. The molecule has 0 saturated heterocycles. The van der Waals surface area contributed by atoms with Crippen LogP contribution in [0.1, 0.15) is 25.0 Å². The van der Waals surface area contributed by atoms with E-state index in [2.05, 4.69) is 15.5 Å². The lowest BCUT2D eigenvalue weighted by atomic mass is 9.68. The Morgan fingerprint density at radius 1 is 1.40 bits per heavy atom. The van der Waals surface area contributed by atoms with E-state index in [0.717, 1.165) is 18.6 Å². The Balaban J connectivity index is 2.05. The molecule has 1 N–H and O–H groups in total. The molecule has 0 aliphatic heterocycles. The van der Waals surface area contributed by atoms with E-state index in [4.69, 9.17) is 4.74 Å². The van der Waals surface area contributed by atoms with Crippen LogP contribution in [0.15, 0.2) is 12.1 Å². The number of hydrogen-bond donors (Lipinski definition) is 1. The van der Waals surface area contributed by atoms with Gasteiger partial charge in [-0.05, 0) is 25.0 Å². The molecule has 1 aliphatic rings. The molecule has 0 bridgehead atoms. The molecule has 1 amide bonds. The molecule has 110 valence electrons. The molecule has 0 aromatic carbocycles. The third-order valence-corrected chi connectivity index (χ3v) is 3.41. The number of halogens is 3. The highest BCUT2D eigenvalue weighted by atomic mass is 19.4. The first-order valence-corrected chi connectivity index (χ1v) is 6.09. The van der Waals surface area contributed by atoms with Crippen molar-refractivity contribution in [1.82, 2.24) is 10.2 Å². The van der Waals surface area contributed by atoms with Crippen molar-refractivity contribution >= 4 is 11.7 Å². The fraction of sp³-hybridized carbons (Fsp3) is 0.583. The molecule has 1 aromatic rings. The molecule has 1 heterocycles. The van der Waals surface area contributed by atoms with E-state index in [0.29, 0.717) is 12.8 Å². The number of amides is 1. The number of carbonyl (C=O) groups is 1. The SMILES string of the molecule is COCC1(C(=O)Nc2ccc(C(F)(F)F)nn2)CCC1. The largest absolute Gasteiger partial charge is 0.435 e. The first-order valence-electron chi connectivity index (χ1n) is 6.09. The molecular formula is C12H14F3N3O2. The zero-order chi connectivity index (χ0) is 14.8. The molecule has 5 nitrogen and oxygen atoms in total. The van der Waals surface area contributed by atoms with Gasteiger partial charge >= 0.3 is 6.18 Å². The summed E-state index contributed by atoms with van der Waals surface area (Å²) < 4.78 is 42.0. The highest BCUT2D eigenvalue weighted by molar-refractivity contribution is 5.95. The Labute approximate surface area is 113 Å². The van der Waals surface area contributed by atoms with Crippen molar-refractivity contribution in [2.45, 2.75) is 25.4 Å². The van der Waals surface area contributed by atoms with Crippen LogP contribution in [-0.2, 0) is 15.7 Å². The van der Waals surface area contributed by atoms with Crippen molar-refractivity contribution in [2.24, 2.45) is 5.41 Å². The molecule has 1 aliphatic carbocycles. The van der Waals surface area contributed by atoms with Gasteiger partial charge < -0.3 is 10.1 Å². The Bertz CT molecular complexity index is 484. The van der Waals surface area contributed by atoms with Gasteiger partial charge in [0.2, 0.25) is 5.91 Å². The standard InChI is InChI=1S/C12H14F3N3O2/c1-20-7-11(5-2-6-11)10(19)16-9-4-3-8(17-18-9)12(13,14)15/h3-4H,2,5-7H2,1H3,(H,16,18,19). The second kappa shape index (κ2) is 5.35. The maximum atomic E-state index is 12.3. The van der Waals surface area contributed by atoms with Crippen molar-refractivity contribution in [3.63, 3.8) is 0 Å². The number of methoxy groups -OCH3 is 1. The van der Waals surface area contributed by atoms with Gasteiger partial charge in [-0.1, -0.05) is 6.42 Å². The van der Waals surface area contributed by atoms with Gasteiger partial charge in [0.1, 0.15) is 0 Å².